The van der Waals surface area contributed by atoms with Crippen LogP contribution < -0.4 is 5.32 Å². The van der Waals surface area contributed by atoms with Gasteiger partial charge >= 0.3 is 11.9 Å². The zero-order chi connectivity index (χ0) is 19.1. The summed E-state index contributed by atoms with van der Waals surface area (Å²) in [6.07, 6.45) is 2.48. The fourth-order valence-corrected chi connectivity index (χ4v) is 2.30. The van der Waals surface area contributed by atoms with Gasteiger partial charge in [0.1, 0.15) is 0 Å². The Bertz CT molecular complexity index is 725. The molecule has 7 heteroatoms. The molecular weight excluding hydrogens is 334 g/mol. The zero-order valence-corrected chi connectivity index (χ0v) is 15.3. The van der Waals surface area contributed by atoms with Gasteiger partial charge in [0.2, 0.25) is 5.95 Å². The molecule has 1 aromatic heterocycles. The maximum atomic E-state index is 12.6. The van der Waals surface area contributed by atoms with E-state index in [1.54, 1.807) is 70.4 Å². The fourth-order valence-electron chi connectivity index (χ4n) is 2.30. The standard InChI is InChI=1S/C19H23N3O4/c1-12(2)25-17(23)16(18(24)26-13(3)4)14-8-5-6-9-15(14)22-19-20-10-7-11-21-19/h5-13,16H,1-4H3,(H,20,21,22). The van der Waals surface area contributed by atoms with Crippen LogP contribution in [-0.4, -0.2) is 34.1 Å². The van der Waals surface area contributed by atoms with Gasteiger partial charge < -0.3 is 14.8 Å². The summed E-state index contributed by atoms with van der Waals surface area (Å²) in [6, 6.07) is 8.64. The van der Waals surface area contributed by atoms with Crippen LogP contribution >= 0.6 is 0 Å². The van der Waals surface area contributed by atoms with Crippen LogP contribution in [0.2, 0.25) is 0 Å². The van der Waals surface area contributed by atoms with Gasteiger partial charge in [0.15, 0.2) is 5.92 Å². The molecule has 7 nitrogen and oxygen atoms in total. The van der Waals surface area contributed by atoms with E-state index in [9.17, 15) is 9.59 Å². The second-order valence-electron chi connectivity index (χ2n) is 6.19. The van der Waals surface area contributed by atoms with E-state index in [-0.39, 0.29) is 12.2 Å². The average Bonchev–Trinajstić information content (AvgIpc) is 2.56. The Labute approximate surface area is 152 Å². The van der Waals surface area contributed by atoms with Crippen LogP contribution in [0, 0.1) is 0 Å². The molecule has 0 aliphatic heterocycles. The molecule has 1 aromatic carbocycles. The highest BCUT2D eigenvalue weighted by Gasteiger charge is 2.34. The second-order valence-corrected chi connectivity index (χ2v) is 6.19. The number of ether oxygens (including phenoxy) is 2. The lowest BCUT2D eigenvalue weighted by Gasteiger charge is -2.21. The van der Waals surface area contributed by atoms with Crippen LogP contribution in [0.15, 0.2) is 42.7 Å². The van der Waals surface area contributed by atoms with Gasteiger partial charge in [-0.05, 0) is 39.8 Å². The van der Waals surface area contributed by atoms with Crippen molar-refractivity contribution in [3.05, 3.63) is 48.3 Å². The Morgan fingerprint density at radius 2 is 1.42 bits per heavy atom. The van der Waals surface area contributed by atoms with Crippen LogP contribution in [-0.2, 0) is 19.1 Å². The Morgan fingerprint density at radius 3 is 1.96 bits per heavy atom. The van der Waals surface area contributed by atoms with E-state index >= 15 is 0 Å². The van der Waals surface area contributed by atoms with Crippen LogP contribution in [0.1, 0.15) is 39.2 Å². The molecule has 0 aliphatic carbocycles. The molecule has 0 radical (unpaired) electrons. The summed E-state index contributed by atoms with van der Waals surface area (Å²) in [6.45, 7) is 6.91. The SMILES string of the molecule is CC(C)OC(=O)C(C(=O)OC(C)C)c1ccccc1Nc1ncccn1. The lowest BCUT2D eigenvalue weighted by molar-refractivity contribution is -0.161. The summed E-state index contributed by atoms with van der Waals surface area (Å²) in [7, 11) is 0. The van der Waals surface area contributed by atoms with Gasteiger partial charge in [-0.1, -0.05) is 18.2 Å². The van der Waals surface area contributed by atoms with E-state index in [4.69, 9.17) is 9.47 Å². The number of carbonyl (C=O) groups excluding carboxylic acids is 2. The number of hydrogen-bond acceptors (Lipinski definition) is 7. The fraction of sp³-hybridized carbons (Fsp3) is 0.368. The normalized spacial score (nSPS) is 10.9. The van der Waals surface area contributed by atoms with Crippen molar-refractivity contribution in [2.24, 2.45) is 0 Å². The molecule has 0 unspecified atom stereocenters. The van der Waals surface area contributed by atoms with Crippen LogP contribution in [0.25, 0.3) is 0 Å². The smallest absolute Gasteiger partial charge is 0.325 e. The third-order valence-electron chi connectivity index (χ3n) is 3.26. The number of hydrogen-bond donors (Lipinski definition) is 1. The van der Waals surface area contributed by atoms with E-state index < -0.39 is 17.9 Å². The summed E-state index contributed by atoms with van der Waals surface area (Å²) < 4.78 is 10.6. The molecule has 0 bridgehead atoms. The van der Waals surface area contributed by atoms with E-state index in [0.29, 0.717) is 17.2 Å². The van der Waals surface area contributed by atoms with Gasteiger partial charge in [0, 0.05) is 23.6 Å². The predicted octanol–water partition coefficient (Wildman–Crippen LogP) is 3.21. The summed E-state index contributed by atoms with van der Waals surface area (Å²) in [5, 5.41) is 3.03. The highest BCUT2D eigenvalue weighted by molar-refractivity contribution is 6.02. The summed E-state index contributed by atoms with van der Waals surface area (Å²) in [4.78, 5) is 33.4. The lowest BCUT2D eigenvalue weighted by Crippen LogP contribution is -2.30. The number of esters is 2. The molecule has 1 N–H and O–H groups in total. The van der Waals surface area contributed by atoms with E-state index in [1.807, 2.05) is 0 Å². The Kier molecular flexibility index (Phi) is 6.66. The predicted molar refractivity (Wildman–Crippen MR) is 97.0 cm³/mol. The largest absolute Gasteiger partial charge is 0.462 e. The quantitative estimate of drug-likeness (QED) is 0.601. The first-order valence-corrected chi connectivity index (χ1v) is 8.42. The van der Waals surface area contributed by atoms with Crippen LogP contribution in [0.3, 0.4) is 0 Å². The van der Waals surface area contributed by atoms with Crippen molar-refractivity contribution in [2.45, 2.75) is 45.8 Å². The molecule has 0 fully saturated rings. The molecule has 0 saturated heterocycles. The number of carbonyl (C=O) groups is 2. The molecule has 0 saturated carbocycles. The Balaban J connectivity index is 2.40. The maximum Gasteiger partial charge on any atom is 0.325 e. The van der Waals surface area contributed by atoms with Crippen LogP contribution in [0.5, 0.6) is 0 Å². The summed E-state index contributed by atoms with van der Waals surface area (Å²) in [5.74, 6) is -2.16. The Morgan fingerprint density at radius 1 is 0.885 bits per heavy atom. The first-order chi connectivity index (χ1) is 12.4. The molecule has 26 heavy (non-hydrogen) atoms. The monoisotopic (exact) mass is 357 g/mol. The molecule has 0 atom stereocenters. The molecular formula is C19H23N3O4. The van der Waals surface area contributed by atoms with E-state index in [0.717, 1.165) is 0 Å². The molecule has 2 aromatic rings. The number of para-hydroxylation sites is 1. The minimum absolute atomic E-state index is 0.352. The van der Waals surface area contributed by atoms with Gasteiger partial charge in [0.05, 0.1) is 12.2 Å². The van der Waals surface area contributed by atoms with Crippen molar-refractivity contribution in [3.8, 4) is 0 Å². The summed E-state index contributed by atoms with van der Waals surface area (Å²) in [5.41, 5.74) is 0.973. The van der Waals surface area contributed by atoms with E-state index in [1.165, 1.54) is 0 Å². The maximum absolute atomic E-state index is 12.6. The molecule has 1 heterocycles. The van der Waals surface area contributed by atoms with Gasteiger partial charge in [0.25, 0.3) is 0 Å². The highest BCUT2D eigenvalue weighted by atomic mass is 16.6. The highest BCUT2D eigenvalue weighted by Crippen LogP contribution is 2.29. The minimum Gasteiger partial charge on any atom is -0.462 e. The van der Waals surface area contributed by atoms with Crippen molar-refractivity contribution in [1.29, 1.82) is 0 Å². The molecule has 138 valence electrons. The molecule has 0 aliphatic rings. The van der Waals surface area contributed by atoms with Gasteiger partial charge in [-0.25, -0.2) is 9.97 Å². The minimum atomic E-state index is -1.20. The number of anilines is 2. The first-order valence-electron chi connectivity index (χ1n) is 8.42. The number of nitrogens with one attached hydrogen (secondary N) is 1. The van der Waals surface area contributed by atoms with Crippen molar-refractivity contribution in [1.82, 2.24) is 9.97 Å². The molecule has 0 amide bonds. The van der Waals surface area contributed by atoms with Crippen molar-refractivity contribution in [2.75, 3.05) is 5.32 Å². The van der Waals surface area contributed by atoms with Crippen molar-refractivity contribution in [3.63, 3.8) is 0 Å². The van der Waals surface area contributed by atoms with Gasteiger partial charge in [-0.15, -0.1) is 0 Å². The van der Waals surface area contributed by atoms with Gasteiger partial charge in [-0.2, -0.15) is 0 Å². The zero-order valence-electron chi connectivity index (χ0n) is 15.3. The number of benzene rings is 1. The number of rotatable bonds is 7. The molecule has 0 spiro atoms. The first kappa shape index (κ1) is 19.4. The van der Waals surface area contributed by atoms with Crippen LogP contribution in [0.4, 0.5) is 11.6 Å². The third-order valence-corrected chi connectivity index (χ3v) is 3.26. The lowest BCUT2D eigenvalue weighted by atomic mass is 9.97. The molecule has 2 rings (SSSR count). The topological polar surface area (TPSA) is 90.4 Å². The second kappa shape index (κ2) is 8.94. The van der Waals surface area contributed by atoms with E-state index in [2.05, 4.69) is 15.3 Å². The number of aromatic nitrogens is 2. The summed E-state index contributed by atoms with van der Waals surface area (Å²) >= 11 is 0. The number of nitrogens with zero attached hydrogens (tertiary/aromatic N) is 2. The third kappa shape index (κ3) is 5.27. The average molecular weight is 357 g/mol. The van der Waals surface area contributed by atoms with Crippen molar-refractivity contribution >= 4 is 23.6 Å². The Hall–Kier alpha value is -2.96. The van der Waals surface area contributed by atoms with Crippen molar-refractivity contribution < 1.29 is 19.1 Å². The van der Waals surface area contributed by atoms with Gasteiger partial charge in [-0.3, -0.25) is 9.59 Å².